The van der Waals surface area contributed by atoms with Crippen molar-refractivity contribution in [2.24, 2.45) is 0 Å². The molecule has 0 unspecified atom stereocenters. The molecule has 1 aliphatic heterocycles. The first kappa shape index (κ1) is 13.1. The summed E-state index contributed by atoms with van der Waals surface area (Å²) in [5, 5.41) is 9.52. The largest absolute Gasteiger partial charge is 0.494 e. The van der Waals surface area contributed by atoms with Crippen molar-refractivity contribution in [3.8, 4) is 5.75 Å². The van der Waals surface area contributed by atoms with Crippen molar-refractivity contribution in [1.29, 1.82) is 0 Å². The van der Waals surface area contributed by atoms with E-state index in [1.165, 1.54) is 0 Å². The fraction of sp³-hybridized carbons (Fsp3) is 0.143. The first-order chi connectivity index (χ1) is 9.66. The molecule has 0 amide bonds. The van der Waals surface area contributed by atoms with Crippen LogP contribution in [0.4, 0.5) is 8.78 Å². The van der Waals surface area contributed by atoms with Crippen LogP contribution in [0.5, 0.6) is 5.75 Å². The van der Waals surface area contributed by atoms with Crippen LogP contribution in [0.15, 0.2) is 36.4 Å². The first-order valence-electron chi connectivity index (χ1n) is 6.14. The van der Waals surface area contributed by atoms with Gasteiger partial charge in [-0.1, -0.05) is 30.3 Å². The molecule has 1 heterocycles. The Hall–Kier alpha value is -1.92. The molecule has 0 saturated carbocycles. The Morgan fingerprint density at radius 3 is 2.75 bits per heavy atom. The lowest BCUT2D eigenvalue weighted by molar-refractivity contribution is 0.274. The van der Waals surface area contributed by atoms with Crippen molar-refractivity contribution < 1.29 is 23.2 Å². The van der Waals surface area contributed by atoms with Crippen molar-refractivity contribution in [3.05, 3.63) is 59.2 Å². The maximum atomic E-state index is 14.2. The summed E-state index contributed by atoms with van der Waals surface area (Å²) in [5.41, 5.74) is 1.05. The SMILES string of the molecule is OB1OCc2cc(F)c(OCc3ccccc3)c(F)c21. The van der Waals surface area contributed by atoms with Gasteiger partial charge in [-0.3, -0.25) is 0 Å². The molecule has 20 heavy (non-hydrogen) atoms. The highest BCUT2D eigenvalue weighted by atomic mass is 19.1. The normalized spacial score (nSPS) is 13.4. The fourth-order valence-corrected chi connectivity index (χ4v) is 2.16. The molecule has 0 radical (unpaired) electrons. The molecule has 6 heteroatoms. The topological polar surface area (TPSA) is 38.7 Å². The zero-order valence-corrected chi connectivity index (χ0v) is 10.5. The highest BCUT2D eigenvalue weighted by molar-refractivity contribution is 6.61. The summed E-state index contributed by atoms with van der Waals surface area (Å²) in [6, 6.07) is 10.2. The van der Waals surface area contributed by atoms with Gasteiger partial charge < -0.3 is 14.4 Å². The number of rotatable bonds is 3. The molecular formula is C14H11BF2O3. The summed E-state index contributed by atoms with van der Waals surface area (Å²) < 4.78 is 38.1. The maximum absolute atomic E-state index is 14.2. The number of halogens is 2. The highest BCUT2D eigenvalue weighted by Gasteiger charge is 2.34. The van der Waals surface area contributed by atoms with E-state index in [0.29, 0.717) is 5.56 Å². The Bertz CT molecular complexity index is 634. The number of benzene rings is 2. The molecule has 0 atom stereocenters. The third-order valence-electron chi connectivity index (χ3n) is 3.17. The van der Waals surface area contributed by atoms with Crippen LogP contribution in [0.2, 0.25) is 0 Å². The van der Waals surface area contributed by atoms with Crippen LogP contribution >= 0.6 is 0 Å². The van der Waals surface area contributed by atoms with Crippen molar-refractivity contribution >= 4 is 12.6 Å². The predicted molar refractivity (Wildman–Crippen MR) is 69.5 cm³/mol. The summed E-state index contributed by atoms with van der Waals surface area (Å²) in [4.78, 5) is 0. The van der Waals surface area contributed by atoms with Crippen LogP contribution in [0.3, 0.4) is 0 Å². The van der Waals surface area contributed by atoms with Gasteiger partial charge in [0, 0.05) is 5.46 Å². The Labute approximate surface area is 114 Å². The molecule has 2 aromatic rings. The highest BCUT2D eigenvalue weighted by Crippen LogP contribution is 2.26. The smallest absolute Gasteiger partial charge is 0.483 e. The van der Waals surface area contributed by atoms with E-state index in [1.54, 1.807) is 12.1 Å². The second-order valence-electron chi connectivity index (χ2n) is 4.51. The van der Waals surface area contributed by atoms with Gasteiger partial charge in [-0.05, 0) is 17.2 Å². The first-order valence-corrected chi connectivity index (χ1v) is 6.14. The minimum absolute atomic E-state index is 0.0106. The minimum atomic E-state index is -1.37. The lowest BCUT2D eigenvalue weighted by atomic mass is 9.79. The van der Waals surface area contributed by atoms with Crippen LogP contribution < -0.4 is 10.2 Å². The third kappa shape index (κ3) is 2.28. The average molecular weight is 276 g/mol. The Balaban J connectivity index is 1.89. The van der Waals surface area contributed by atoms with Gasteiger partial charge in [0.05, 0.1) is 6.61 Å². The maximum Gasteiger partial charge on any atom is 0.494 e. The molecule has 0 saturated heterocycles. The molecule has 1 aliphatic rings. The lowest BCUT2D eigenvalue weighted by Crippen LogP contribution is -2.31. The molecule has 0 aromatic heterocycles. The number of ether oxygens (including phenoxy) is 1. The summed E-state index contributed by atoms with van der Waals surface area (Å²) >= 11 is 0. The number of hydrogen-bond donors (Lipinski definition) is 1. The van der Waals surface area contributed by atoms with Crippen LogP contribution in [0.25, 0.3) is 0 Å². The van der Waals surface area contributed by atoms with E-state index in [2.05, 4.69) is 0 Å². The molecule has 3 nitrogen and oxygen atoms in total. The van der Waals surface area contributed by atoms with Crippen LogP contribution in [-0.2, 0) is 17.9 Å². The molecular weight excluding hydrogens is 265 g/mol. The average Bonchev–Trinajstić information content (AvgIpc) is 2.81. The van der Waals surface area contributed by atoms with E-state index in [0.717, 1.165) is 11.6 Å². The summed E-state index contributed by atoms with van der Waals surface area (Å²) in [7, 11) is -1.37. The van der Waals surface area contributed by atoms with Crippen molar-refractivity contribution in [2.75, 3.05) is 0 Å². The summed E-state index contributed by atoms with van der Waals surface area (Å²) in [6.07, 6.45) is 0. The monoisotopic (exact) mass is 276 g/mol. The molecule has 0 aliphatic carbocycles. The van der Waals surface area contributed by atoms with Crippen LogP contribution in [0.1, 0.15) is 11.1 Å². The Morgan fingerprint density at radius 1 is 1.25 bits per heavy atom. The molecule has 0 bridgehead atoms. The molecule has 102 valence electrons. The molecule has 3 rings (SSSR count). The molecule has 1 N–H and O–H groups in total. The van der Waals surface area contributed by atoms with Crippen LogP contribution in [0, 0.1) is 11.6 Å². The van der Waals surface area contributed by atoms with Crippen LogP contribution in [-0.4, -0.2) is 12.1 Å². The zero-order chi connectivity index (χ0) is 14.1. The van der Waals surface area contributed by atoms with Crippen molar-refractivity contribution in [3.63, 3.8) is 0 Å². The second-order valence-corrected chi connectivity index (χ2v) is 4.51. The minimum Gasteiger partial charge on any atom is -0.483 e. The standard InChI is InChI=1S/C14H11BF2O3/c16-11-6-10-8-20-15(18)12(10)13(17)14(11)19-7-9-4-2-1-3-5-9/h1-6,18H,7-8H2. The molecule has 2 aromatic carbocycles. The van der Waals surface area contributed by atoms with Gasteiger partial charge in [-0.2, -0.15) is 0 Å². The number of hydrogen-bond acceptors (Lipinski definition) is 3. The van der Waals surface area contributed by atoms with E-state index < -0.39 is 24.5 Å². The van der Waals surface area contributed by atoms with Gasteiger partial charge in [0.25, 0.3) is 0 Å². The van der Waals surface area contributed by atoms with Gasteiger partial charge in [-0.15, -0.1) is 0 Å². The Morgan fingerprint density at radius 2 is 2.00 bits per heavy atom. The molecule has 0 fully saturated rings. The van der Waals surface area contributed by atoms with Gasteiger partial charge in [0.2, 0.25) is 0 Å². The fourth-order valence-electron chi connectivity index (χ4n) is 2.16. The van der Waals surface area contributed by atoms with Gasteiger partial charge in [-0.25, -0.2) is 8.78 Å². The third-order valence-corrected chi connectivity index (χ3v) is 3.17. The predicted octanol–water partition coefficient (Wildman–Crippen LogP) is 1.76. The van der Waals surface area contributed by atoms with Gasteiger partial charge in [0.1, 0.15) is 6.61 Å². The van der Waals surface area contributed by atoms with E-state index in [1.807, 2.05) is 18.2 Å². The van der Waals surface area contributed by atoms with E-state index in [-0.39, 0.29) is 18.7 Å². The van der Waals surface area contributed by atoms with E-state index in [9.17, 15) is 13.8 Å². The van der Waals surface area contributed by atoms with Crippen molar-refractivity contribution in [1.82, 2.24) is 0 Å². The Kier molecular flexibility index (Phi) is 3.42. The summed E-state index contributed by atoms with van der Waals surface area (Å²) in [5.74, 6) is -2.19. The van der Waals surface area contributed by atoms with Gasteiger partial charge >= 0.3 is 7.12 Å². The second kappa shape index (κ2) is 5.23. The van der Waals surface area contributed by atoms with Crippen molar-refractivity contribution in [2.45, 2.75) is 13.2 Å². The van der Waals surface area contributed by atoms with E-state index >= 15 is 0 Å². The lowest BCUT2D eigenvalue weighted by Gasteiger charge is -2.11. The quantitative estimate of drug-likeness (QED) is 0.868. The molecule has 0 spiro atoms. The number of fused-ring (bicyclic) bond motifs is 1. The summed E-state index contributed by atoms with van der Waals surface area (Å²) in [6.45, 7) is 0.0354. The van der Waals surface area contributed by atoms with E-state index in [4.69, 9.17) is 9.39 Å². The van der Waals surface area contributed by atoms with Gasteiger partial charge in [0.15, 0.2) is 17.4 Å². The zero-order valence-electron chi connectivity index (χ0n) is 10.5.